The van der Waals surface area contributed by atoms with Gasteiger partial charge >= 0.3 is 0 Å². The van der Waals surface area contributed by atoms with Gasteiger partial charge in [-0.3, -0.25) is 4.79 Å². The summed E-state index contributed by atoms with van der Waals surface area (Å²) in [6, 6.07) is -0.857. The zero-order valence-corrected chi connectivity index (χ0v) is 48.6. The van der Waals surface area contributed by atoms with E-state index >= 15 is 0 Å². The summed E-state index contributed by atoms with van der Waals surface area (Å²) in [5.74, 6) is -0.249. The molecule has 2 fully saturated rings. The Balaban J connectivity index is 1.76. The third-order valence-corrected chi connectivity index (χ3v) is 14.9. The second kappa shape index (κ2) is 49.1. The highest BCUT2D eigenvalue weighted by atomic mass is 16.7. The number of carbonyl (C=O) groups excluding carboxylic acids is 1. The van der Waals surface area contributed by atoms with Crippen LogP contribution in [0, 0.1) is 0 Å². The summed E-state index contributed by atoms with van der Waals surface area (Å²) in [5, 5.41) is 87.3. The summed E-state index contributed by atoms with van der Waals surface area (Å²) in [5.41, 5.74) is 0. The van der Waals surface area contributed by atoms with Crippen LogP contribution in [0.3, 0.4) is 0 Å². The molecule has 0 spiro atoms. The van der Waals surface area contributed by atoms with Gasteiger partial charge in [-0.15, -0.1) is 0 Å². The largest absolute Gasteiger partial charge is 0.394 e. The van der Waals surface area contributed by atoms with Crippen LogP contribution in [0.25, 0.3) is 0 Å². The Morgan fingerprint density at radius 1 is 0.474 bits per heavy atom. The topological polar surface area (TPSA) is 228 Å². The quantitative estimate of drug-likeness (QED) is 0.0204. The van der Waals surface area contributed by atoms with E-state index in [9.17, 15) is 45.6 Å². The third kappa shape index (κ3) is 34.0. The SMILES string of the molecule is CC/C=C\C/C=C\C/C=C\C/C=C\C/C=C\C/C=C\CCCCC(=O)NC(COC1OC(CO)C(OC2OC(CO)C(O)C(O)C2O)C(O)C1O)C(O)CCCCCCCCCCCCCCCCCCCCCCCCC. The van der Waals surface area contributed by atoms with Crippen molar-refractivity contribution in [3.8, 4) is 0 Å². The van der Waals surface area contributed by atoms with Crippen LogP contribution in [0.4, 0.5) is 0 Å². The number of carbonyl (C=O) groups is 1. The molecule has 2 aliphatic rings. The van der Waals surface area contributed by atoms with E-state index in [1.807, 2.05) is 0 Å². The number of aliphatic hydroxyl groups excluding tert-OH is 8. The highest BCUT2D eigenvalue weighted by Gasteiger charge is 2.51. The van der Waals surface area contributed by atoms with Gasteiger partial charge in [-0.25, -0.2) is 0 Å². The van der Waals surface area contributed by atoms with Gasteiger partial charge in [0.2, 0.25) is 5.91 Å². The first-order valence-electron chi connectivity index (χ1n) is 31.2. The van der Waals surface area contributed by atoms with Gasteiger partial charge in [0.05, 0.1) is 32.0 Å². The van der Waals surface area contributed by atoms with Crippen LogP contribution < -0.4 is 5.32 Å². The first kappa shape index (κ1) is 71.5. The molecule has 0 saturated carbocycles. The molecule has 14 nitrogen and oxygen atoms in total. The second-order valence-electron chi connectivity index (χ2n) is 21.8. The van der Waals surface area contributed by atoms with E-state index in [4.69, 9.17) is 18.9 Å². The van der Waals surface area contributed by atoms with Crippen molar-refractivity contribution >= 4 is 5.91 Å². The van der Waals surface area contributed by atoms with Gasteiger partial charge in [-0.05, 0) is 64.2 Å². The van der Waals surface area contributed by atoms with E-state index < -0.39 is 86.8 Å². The Kier molecular flexibility index (Phi) is 45.0. The number of unbranched alkanes of at least 4 members (excludes halogenated alkanes) is 24. The van der Waals surface area contributed by atoms with Gasteiger partial charge in [-0.1, -0.05) is 234 Å². The van der Waals surface area contributed by atoms with Crippen LogP contribution in [0.2, 0.25) is 0 Å². The van der Waals surface area contributed by atoms with Crippen molar-refractivity contribution in [3.63, 3.8) is 0 Å². The maximum Gasteiger partial charge on any atom is 0.220 e. The zero-order valence-electron chi connectivity index (χ0n) is 48.6. The van der Waals surface area contributed by atoms with Crippen LogP contribution >= 0.6 is 0 Å². The summed E-state index contributed by atoms with van der Waals surface area (Å²) >= 11 is 0. The minimum Gasteiger partial charge on any atom is -0.394 e. The smallest absolute Gasteiger partial charge is 0.220 e. The lowest BCUT2D eigenvalue weighted by Crippen LogP contribution is -2.65. The highest BCUT2D eigenvalue weighted by Crippen LogP contribution is 2.30. The van der Waals surface area contributed by atoms with E-state index in [-0.39, 0.29) is 18.9 Å². The van der Waals surface area contributed by atoms with Crippen LogP contribution in [-0.2, 0) is 23.7 Å². The lowest BCUT2D eigenvalue weighted by Gasteiger charge is -2.46. The molecule has 0 aromatic carbocycles. The molecule has 12 atom stereocenters. The van der Waals surface area contributed by atoms with Crippen molar-refractivity contribution in [2.24, 2.45) is 0 Å². The van der Waals surface area contributed by atoms with Crippen LogP contribution in [0.5, 0.6) is 0 Å². The molecule has 0 bridgehead atoms. The minimum absolute atomic E-state index is 0.246. The molecule has 2 heterocycles. The lowest BCUT2D eigenvalue weighted by atomic mass is 9.97. The van der Waals surface area contributed by atoms with Gasteiger partial charge in [0.1, 0.15) is 48.8 Å². The Morgan fingerprint density at radius 3 is 1.33 bits per heavy atom. The van der Waals surface area contributed by atoms with E-state index in [0.717, 1.165) is 77.0 Å². The van der Waals surface area contributed by atoms with Gasteiger partial charge in [0.15, 0.2) is 12.6 Å². The Labute approximate surface area is 472 Å². The molecule has 14 heteroatoms. The predicted octanol–water partition coefficient (Wildman–Crippen LogP) is 11.1. The summed E-state index contributed by atoms with van der Waals surface area (Å²) < 4.78 is 22.8. The zero-order chi connectivity index (χ0) is 56.7. The minimum atomic E-state index is -1.79. The standard InChI is InChI=1S/C64H113NO13/c1-3-5-7-9-11-13-15-17-19-21-23-25-26-28-29-31-33-35-37-39-41-43-45-47-53(68)52(51-75-63-61(74)59(72)62(55(50-67)77-63)78-64-60(73)58(71)57(70)54(49-66)76-64)65-56(69)48-46-44-42-40-38-36-34-32-30-27-24-22-20-18-16-14-12-10-8-6-4-2/h6,8,12,14,18,20,24,27,32,34,38,40,52-55,57-64,66-68,70-74H,3-5,7,9-11,13,15-17,19,21-23,25-26,28-31,33,35-37,39,41-51H2,1-2H3,(H,65,69)/b8-6-,14-12-,20-18-,27-24-,34-32-,40-38-. The molecule has 9 N–H and O–H groups in total. The van der Waals surface area contributed by atoms with E-state index in [0.29, 0.717) is 12.8 Å². The number of amides is 1. The van der Waals surface area contributed by atoms with Crippen molar-refractivity contribution in [2.75, 3.05) is 19.8 Å². The first-order valence-corrected chi connectivity index (χ1v) is 31.2. The van der Waals surface area contributed by atoms with Crippen LogP contribution in [0.15, 0.2) is 72.9 Å². The molecule has 2 rings (SSSR count). The van der Waals surface area contributed by atoms with E-state index in [1.54, 1.807) is 0 Å². The fourth-order valence-electron chi connectivity index (χ4n) is 9.95. The Morgan fingerprint density at radius 2 is 0.885 bits per heavy atom. The Hall–Kier alpha value is -2.57. The average molecular weight is 1100 g/mol. The predicted molar refractivity (Wildman–Crippen MR) is 313 cm³/mol. The fourth-order valence-corrected chi connectivity index (χ4v) is 9.95. The summed E-state index contributed by atoms with van der Waals surface area (Å²) in [4.78, 5) is 13.3. The van der Waals surface area contributed by atoms with Crippen LogP contribution in [0.1, 0.15) is 232 Å². The molecule has 452 valence electrons. The summed E-state index contributed by atoms with van der Waals surface area (Å²) in [7, 11) is 0. The highest BCUT2D eigenvalue weighted by molar-refractivity contribution is 5.76. The maximum atomic E-state index is 13.3. The normalized spacial score (nSPS) is 25.1. The monoisotopic (exact) mass is 1100 g/mol. The molecule has 1 amide bonds. The van der Waals surface area contributed by atoms with Crippen molar-refractivity contribution in [2.45, 2.75) is 306 Å². The van der Waals surface area contributed by atoms with Gasteiger partial charge in [-0.2, -0.15) is 0 Å². The van der Waals surface area contributed by atoms with Crippen molar-refractivity contribution in [1.29, 1.82) is 0 Å². The van der Waals surface area contributed by atoms with Crippen molar-refractivity contribution < 1.29 is 64.6 Å². The molecule has 0 aliphatic carbocycles. The van der Waals surface area contributed by atoms with Crippen molar-refractivity contribution in [3.05, 3.63) is 72.9 Å². The number of hydrogen-bond donors (Lipinski definition) is 9. The molecule has 12 unspecified atom stereocenters. The number of nitrogens with one attached hydrogen (secondary N) is 1. The summed E-state index contributed by atoms with van der Waals surface area (Å²) in [6.07, 6.45) is 47.6. The maximum absolute atomic E-state index is 13.3. The number of ether oxygens (including phenoxy) is 4. The number of hydrogen-bond acceptors (Lipinski definition) is 13. The number of allylic oxidation sites excluding steroid dienone is 12. The molecule has 0 aromatic heterocycles. The van der Waals surface area contributed by atoms with E-state index in [1.165, 1.54) is 122 Å². The Bertz CT molecular complexity index is 1580. The molecule has 2 aliphatic heterocycles. The molecular weight excluding hydrogens is 991 g/mol. The second-order valence-corrected chi connectivity index (χ2v) is 21.8. The lowest BCUT2D eigenvalue weighted by molar-refractivity contribution is -0.359. The molecular formula is C64H113NO13. The average Bonchev–Trinajstić information content (AvgIpc) is 3.48. The number of aliphatic hydroxyl groups is 8. The van der Waals surface area contributed by atoms with Gasteiger partial charge in [0.25, 0.3) is 0 Å². The molecule has 0 radical (unpaired) electrons. The van der Waals surface area contributed by atoms with Crippen LogP contribution in [-0.4, -0.2) is 140 Å². The van der Waals surface area contributed by atoms with Crippen molar-refractivity contribution in [1.82, 2.24) is 5.32 Å². The fraction of sp³-hybridized carbons (Fsp3) is 0.797. The number of rotatable bonds is 49. The molecule has 78 heavy (non-hydrogen) atoms. The first-order chi connectivity index (χ1) is 38.1. The molecule has 0 aromatic rings. The van der Waals surface area contributed by atoms with E-state index in [2.05, 4.69) is 92.1 Å². The van der Waals surface area contributed by atoms with Gasteiger partial charge in [0, 0.05) is 6.42 Å². The summed E-state index contributed by atoms with van der Waals surface area (Å²) in [6.45, 7) is 2.73. The third-order valence-electron chi connectivity index (χ3n) is 14.9. The van der Waals surface area contributed by atoms with Gasteiger partial charge < -0.3 is 65.1 Å². The molecule has 2 saturated heterocycles.